The van der Waals surface area contributed by atoms with Gasteiger partial charge in [-0.05, 0) is 31.3 Å². The first-order valence-corrected chi connectivity index (χ1v) is 5.08. The van der Waals surface area contributed by atoms with Gasteiger partial charge in [0.05, 0.1) is 12.7 Å². The fourth-order valence-electron chi connectivity index (χ4n) is 1.26. The molecule has 0 aliphatic carbocycles. The first-order valence-electron chi connectivity index (χ1n) is 4.68. The van der Waals surface area contributed by atoms with E-state index >= 15 is 0 Å². The Morgan fingerprint density at radius 1 is 1.44 bits per heavy atom. The lowest BCUT2D eigenvalue weighted by atomic mass is 10.1. The summed E-state index contributed by atoms with van der Waals surface area (Å²) in [5, 5.41) is 0.192. The Morgan fingerprint density at radius 2 is 2.12 bits per heavy atom. The van der Waals surface area contributed by atoms with Gasteiger partial charge in [-0.3, -0.25) is 0 Å². The molecule has 0 aliphatic rings. The van der Waals surface area contributed by atoms with Crippen molar-refractivity contribution in [2.75, 3.05) is 20.4 Å². The molecule has 0 aliphatic heterocycles. The van der Waals surface area contributed by atoms with Crippen LogP contribution in [0.5, 0.6) is 5.75 Å². The van der Waals surface area contributed by atoms with E-state index in [9.17, 15) is 8.78 Å². The largest absolute Gasteiger partial charge is 0.490 e. The number of hydrogen-bond donors (Lipinski definition) is 0. The highest BCUT2D eigenvalue weighted by Gasteiger charge is 2.15. The van der Waals surface area contributed by atoms with Crippen LogP contribution in [-0.4, -0.2) is 25.4 Å². The number of alkyl halides is 1. The van der Waals surface area contributed by atoms with E-state index < -0.39 is 12.5 Å². The minimum absolute atomic E-state index is 0.135. The summed E-state index contributed by atoms with van der Waals surface area (Å²) in [5.74, 6) is -0.180. The van der Waals surface area contributed by atoms with Gasteiger partial charge in [0.25, 0.3) is 0 Å². The van der Waals surface area contributed by atoms with Crippen molar-refractivity contribution in [3.05, 3.63) is 29.1 Å². The van der Waals surface area contributed by atoms with Crippen molar-refractivity contribution >= 4 is 17.3 Å². The molecular weight excluding hydrogens is 234 g/mol. The molecule has 88 valence electrons. The second-order valence-corrected chi connectivity index (χ2v) is 3.45. The zero-order valence-corrected chi connectivity index (χ0v) is 9.87. The van der Waals surface area contributed by atoms with Crippen molar-refractivity contribution in [3.63, 3.8) is 0 Å². The van der Waals surface area contributed by atoms with Gasteiger partial charge in [0.1, 0.15) is 24.8 Å². The van der Waals surface area contributed by atoms with Crippen LogP contribution in [-0.2, 0) is 4.74 Å². The zero-order valence-electron chi connectivity index (χ0n) is 9.05. The quantitative estimate of drug-likeness (QED) is 0.761. The average Bonchev–Trinajstić information content (AvgIpc) is 2.30. The van der Waals surface area contributed by atoms with Gasteiger partial charge in [-0.25, -0.2) is 8.78 Å². The Balaban J connectivity index is 3.16. The molecule has 1 aromatic carbocycles. The predicted octanol–water partition coefficient (Wildman–Crippen LogP) is 2.80. The SMILES string of the molecule is COC(=S)c1ccc(F)c(C)c1OCCF. The highest BCUT2D eigenvalue weighted by molar-refractivity contribution is 7.80. The summed E-state index contributed by atoms with van der Waals surface area (Å²) >= 11 is 4.94. The topological polar surface area (TPSA) is 18.5 Å². The number of halogens is 2. The molecule has 0 N–H and O–H groups in total. The second kappa shape index (κ2) is 5.75. The van der Waals surface area contributed by atoms with Gasteiger partial charge in [-0.1, -0.05) is 0 Å². The van der Waals surface area contributed by atoms with Crippen LogP contribution in [0.15, 0.2) is 12.1 Å². The zero-order chi connectivity index (χ0) is 12.1. The molecule has 0 amide bonds. The molecule has 0 aromatic heterocycles. The minimum atomic E-state index is -0.644. The summed E-state index contributed by atoms with van der Waals surface area (Å²) in [6.45, 7) is 0.767. The van der Waals surface area contributed by atoms with Crippen LogP contribution >= 0.6 is 12.2 Å². The highest BCUT2D eigenvalue weighted by atomic mass is 32.1. The molecule has 1 rings (SSSR count). The van der Waals surface area contributed by atoms with Crippen LogP contribution in [0.3, 0.4) is 0 Å². The molecule has 0 saturated carbocycles. The second-order valence-electron chi connectivity index (χ2n) is 3.08. The van der Waals surface area contributed by atoms with E-state index in [1.807, 2.05) is 0 Å². The molecule has 0 atom stereocenters. The van der Waals surface area contributed by atoms with Crippen LogP contribution in [0, 0.1) is 12.7 Å². The van der Waals surface area contributed by atoms with E-state index in [-0.39, 0.29) is 17.4 Å². The summed E-state index contributed by atoms with van der Waals surface area (Å²) in [6, 6.07) is 2.74. The Hall–Kier alpha value is -1.23. The number of methoxy groups -OCH3 is 1. The van der Waals surface area contributed by atoms with Crippen molar-refractivity contribution in [1.29, 1.82) is 0 Å². The van der Waals surface area contributed by atoms with Crippen molar-refractivity contribution in [2.45, 2.75) is 6.92 Å². The number of rotatable bonds is 4. The fourth-order valence-corrected chi connectivity index (χ4v) is 1.43. The third-order valence-electron chi connectivity index (χ3n) is 2.07. The van der Waals surface area contributed by atoms with Crippen molar-refractivity contribution in [3.8, 4) is 5.75 Å². The molecule has 16 heavy (non-hydrogen) atoms. The lowest BCUT2D eigenvalue weighted by Gasteiger charge is -2.13. The van der Waals surface area contributed by atoms with Crippen molar-refractivity contribution < 1.29 is 18.3 Å². The van der Waals surface area contributed by atoms with E-state index in [4.69, 9.17) is 21.7 Å². The summed E-state index contributed by atoms with van der Waals surface area (Å²) in [4.78, 5) is 0. The molecule has 5 heteroatoms. The van der Waals surface area contributed by atoms with E-state index in [2.05, 4.69) is 0 Å². The lowest BCUT2D eigenvalue weighted by molar-refractivity contribution is 0.269. The third kappa shape index (κ3) is 2.66. The van der Waals surface area contributed by atoms with E-state index in [1.165, 1.54) is 19.2 Å². The standard InChI is InChI=1S/C11H12F2O2S/c1-7-9(13)4-3-8(11(16)14-2)10(7)15-6-5-12/h3-4H,5-6H2,1-2H3. The van der Waals surface area contributed by atoms with Gasteiger partial charge in [0.15, 0.2) is 5.05 Å². The molecule has 0 fully saturated rings. The number of ether oxygens (including phenoxy) is 2. The number of thiocarbonyl (C=S) groups is 1. The van der Waals surface area contributed by atoms with Crippen molar-refractivity contribution in [2.24, 2.45) is 0 Å². The minimum Gasteiger partial charge on any atom is -0.490 e. The maximum Gasteiger partial charge on any atom is 0.194 e. The fraction of sp³-hybridized carbons (Fsp3) is 0.364. The highest BCUT2D eigenvalue weighted by Crippen LogP contribution is 2.27. The molecule has 1 aromatic rings. The van der Waals surface area contributed by atoms with Gasteiger partial charge in [-0.2, -0.15) is 0 Å². The number of hydrogen-bond acceptors (Lipinski definition) is 3. The monoisotopic (exact) mass is 246 g/mol. The Bertz CT molecular complexity index is 394. The molecule has 0 unspecified atom stereocenters. The van der Waals surface area contributed by atoms with Crippen molar-refractivity contribution in [1.82, 2.24) is 0 Å². The molecule has 0 radical (unpaired) electrons. The molecule has 0 heterocycles. The third-order valence-corrected chi connectivity index (χ3v) is 2.46. The Morgan fingerprint density at radius 3 is 2.69 bits per heavy atom. The molecule has 0 bridgehead atoms. The van der Waals surface area contributed by atoms with Gasteiger partial charge >= 0.3 is 0 Å². The van der Waals surface area contributed by atoms with Gasteiger partial charge in [-0.15, -0.1) is 0 Å². The van der Waals surface area contributed by atoms with E-state index in [1.54, 1.807) is 6.92 Å². The maximum absolute atomic E-state index is 13.3. The summed E-state index contributed by atoms with van der Waals surface area (Å²) in [5.41, 5.74) is 0.759. The number of benzene rings is 1. The van der Waals surface area contributed by atoms with Gasteiger partial charge < -0.3 is 9.47 Å². The molecule has 2 nitrogen and oxygen atoms in total. The van der Waals surface area contributed by atoms with Crippen LogP contribution in [0.25, 0.3) is 0 Å². The Labute approximate surface area is 98.2 Å². The normalized spacial score (nSPS) is 10.0. The lowest BCUT2D eigenvalue weighted by Crippen LogP contribution is -2.09. The Kier molecular flexibility index (Phi) is 4.61. The van der Waals surface area contributed by atoms with Gasteiger partial charge in [0.2, 0.25) is 0 Å². The van der Waals surface area contributed by atoms with Gasteiger partial charge in [0, 0.05) is 5.56 Å². The first-order chi connectivity index (χ1) is 7.61. The van der Waals surface area contributed by atoms with E-state index in [0.29, 0.717) is 11.1 Å². The smallest absolute Gasteiger partial charge is 0.194 e. The molecule has 0 saturated heterocycles. The van der Waals surface area contributed by atoms with Crippen LogP contribution in [0.4, 0.5) is 8.78 Å². The van der Waals surface area contributed by atoms with E-state index in [0.717, 1.165) is 0 Å². The van der Waals surface area contributed by atoms with Crippen LogP contribution in [0.1, 0.15) is 11.1 Å². The summed E-state index contributed by atoms with van der Waals surface area (Å²) in [7, 11) is 1.42. The average molecular weight is 246 g/mol. The summed E-state index contributed by atoms with van der Waals surface area (Å²) in [6.07, 6.45) is 0. The predicted molar refractivity (Wildman–Crippen MR) is 61.3 cm³/mol. The molecular formula is C11H12F2O2S. The van der Waals surface area contributed by atoms with Crippen LogP contribution < -0.4 is 4.74 Å². The summed E-state index contributed by atoms with van der Waals surface area (Å²) < 4.78 is 35.4. The first kappa shape index (κ1) is 12.8. The molecule has 0 spiro atoms. The van der Waals surface area contributed by atoms with Crippen LogP contribution in [0.2, 0.25) is 0 Å². The maximum atomic E-state index is 13.3.